The summed E-state index contributed by atoms with van der Waals surface area (Å²) in [4.78, 5) is 17.5. The molecule has 0 fully saturated rings. The Morgan fingerprint density at radius 3 is 1.57 bits per heavy atom. The first-order valence-corrected chi connectivity index (χ1v) is 12.6. The van der Waals surface area contributed by atoms with Crippen LogP contribution < -0.4 is 20.1 Å². The molecule has 184 valence electrons. The van der Waals surface area contributed by atoms with Crippen molar-refractivity contribution in [2.24, 2.45) is 14.1 Å². The van der Waals surface area contributed by atoms with Crippen molar-refractivity contribution in [2.75, 3.05) is 36.0 Å². The molecule has 0 unspecified atom stereocenters. The SMILES string of the molecule is CCN(CC)c1ccc(/C=C/c2cc(/C=C/c3ccc(N(CC)CC)cc3)[n+](C)c(=O)n2C)cc1. The Hall–Kier alpha value is -3.60. The number of benzene rings is 2. The molecule has 0 saturated carbocycles. The van der Waals surface area contributed by atoms with Crippen LogP contribution in [0, 0.1) is 0 Å². The van der Waals surface area contributed by atoms with Gasteiger partial charge in [0.15, 0.2) is 0 Å². The van der Waals surface area contributed by atoms with Gasteiger partial charge in [-0.05, 0) is 75.2 Å². The van der Waals surface area contributed by atoms with Gasteiger partial charge in [0.2, 0.25) is 0 Å². The van der Waals surface area contributed by atoms with Gasteiger partial charge >= 0.3 is 5.69 Å². The van der Waals surface area contributed by atoms with Gasteiger partial charge in [0.05, 0.1) is 14.1 Å². The van der Waals surface area contributed by atoms with Crippen LogP contribution in [0.3, 0.4) is 0 Å². The highest BCUT2D eigenvalue weighted by Crippen LogP contribution is 2.18. The van der Waals surface area contributed by atoms with E-state index >= 15 is 0 Å². The van der Waals surface area contributed by atoms with E-state index in [4.69, 9.17) is 0 Å². The van der Waals surface area contributed by atoms with E-state index in [0.29, 0.717) is 0 Å². The van der Waals surface area contributed by atoms with Crippen molar-refractivity contribution in [3.8, 4) is 0 Å². The molecule has 0 bridgehead atoms. The first kappa shape index (κ1) is 26.0. The molecular formula is C30H39N4O+. The molecule has 3 rings (SSSR count). The Balaban J connectivity index is 1.83. The van der Waals surface area contributed by atoms with Gasteiger partial charge in [-0.3, -0.25) is 0 Å². The van der Waals surface area contributed by atoms with Crippen LogP contribution in [-0.4, -0.2) is 30.7 Å². The van der Waals surface area contributed by atoms with Crippen LogP contribution in [0.25, 0.3) is 24.3 Å². The second-order valence-electron chi connectivity index (χ2n) is 8.59. The summed E-state index contributed by atoms with van der Waals surface area (Å²) in [6.07, 6.45) is 8.12. The predicted molar refractivity (Wildman–Crippen MR) is 151 cm³/mol. The summed E-state index contributed by atoms with van der Waals surface area (Å²) in [5, 5.41) is 0. The van der Waals surface area contributed by atoms with Crippen LogP contribution in [0.4, 0.5) is 11.4 Å². The smallest absolute Gasteiger partial charge is 0.372 e. The number of hydrogen-bond acceptors (Lipinski definition) is 3. The van der Waals surface area contributed by atoms with Crippen LogP contribution in [0.1, 0.15) is 50.2 Å². The van der Waals surface area contributed by atoms with Gasteiger partial charge in [0.25, 0.3) is 0 Å². The monoisotopic (exact) mass is 471 g/mol. The largest absolute Gasteiger partial charge is 0.498 e. The first-order chi connectivity index (χ1) is 16.9. The molecule has 0 aliphatic carbocycles. The van der Waals surface area contributed by atoms with Crippen molar-refractivity contribution in [3.05, 3.63) is 87.6 Å². The molecule has 0 aliphatic rings. The molecule has 0 saturated heterocycles. The number of aromatic nitrogens is 2. The zero-order valence-corrected chi connectivity index (χ0v) is 22.0. The maximum atomic E-state index is 12.9. The van der Waals surface area contributed by atoms with E-state index in [1.807, 2.05) is 32.3 Å². The minimum Gasteiger partial charge on any atom is -0.372 e. The van der Waals surface area contributed by atoms with E-state index in [1.54, 1.807) is 9.13 Å². The fourth-order valence-corrected chi connectivity index (χ4v) is 4.24. The van der Waals surface area contributed by atoms with Crippen LogP contribution in [0.2, 0.25) is 0 Å². The van der Waals surface area contributed by atoms with Crippen molar-refractivity contribution >= 4 is 35.7 Å². The second-order valence-corrected chi connectivity index (χ2v) is 8.59. The maximum Gasteiger partial charge on any atom is 0.498 e. The molecule has 1 heterocycles. The van der Waals surface area contributed by atoms with Gasteiger partial charge in [-0.25, -0.2) is 0 Å². The second kappa shape index (κ2) is 12.2. The molecular weight excluding hydrogens is 432 g/mol. The molecule has 5 heteroatoms. The summed E-state index contributed by atoms with van der Waals surface area (Å²) in [5.41, 5.74) is 6.32. The Kier molecular flexibility index (Phi) is 9.07. The number of rotatable bonds is 10. The maximum absolute atomic E-state index is 12.9. The molecule has 0 aliphatic heterocycles. The van der Waals surface area contributed by atoms with Gasteiger partial charge in [-0.1, -0.05) is 36.4 Å². The number of hydrogen-bond donors (Lipinski definition) is 0. The zero-order chi connectivity index (χ0) is 25.4. The lowest BCUT2D eigenvalue weighted by Crippen LogP contribution is -2.53. The molecule has 3 aromatic rings. The molecule has 35 heavy (non-hydrogen) atoms. The Labute approximate surface area is 210 Å². The number of anilines is 2. The third-order valence-corrected chi connectivity index (χ3v) is 6.58. The molecule has 0 radical (unpaired) electrons. The zero-order valence-electron chi connectivity index (χ0n) is 22.0. The van der Waals surface area contributed by atoms with Crippen molar-refractivity contribution in [2.45, 2.75) is 27.7 Å². The molecule has 1 aromatic heterocycles. The lowest BCUT2D eigenvalue weighted by Gasteiger charge is -2.20. The van der Waals surface area contributed by atoms with Gasteiger partial charge in [-0.2, -0.15) is 13.9 Å². The van der Waals surface area contributed by atoms with Crippen LogP contribution >= 0.6 is 0 Å². The minimum atomic E-state index is -0.0550. The highest BCUT2D eigenvalue weighted by atomic mass is 16.1. The first-order valence-electron chi connectivity index (χ1n) is 12.6. The average molecular weight is 472 g/mol. The van der Waals surface area contributed by atoms with E-state index < -0.39 is 0 Å². The minimum absolute atomic E-state index is 0.0550. The summed E-state index contributed by atoms with van der Waals surface area (Å²) in [6, 6.07) is 19.1. The molecule has 2 aromatic carbocycles. The van der Waals surface area contributed by atoms with Crippen LogP contribution in [0.15, 0.2) is 59.4 Å². The van der Waals surface area contributed by atoms with E-state index in [2.05, 4.69) is 98.2 Å². The lowest BCUT2D eigenvalue weighted by molar-refractivity contribution is -0.692. The van der Waals surface area contributed by atoms with Crippen molar-refractivity contribution in [1.29, 1.82) is 0 Å². The third-order valence-electron chi connectivity index (χ3n) is 6.58. The number of nitrogens with zero attached hydrogens (tertiary/aromatic N) is 4. The summed E-state index contributed by atoms with van der Waals surface area (Å²) in [7, 11) is 3.62. The Morgan fingerprint density at radius 1 is 0.714 bits per heavy atom. The summed E-state index contributed by atoms with van der Waals surface area (Å²) < 4.78 is 3.36. The molecule has 5 nitrogen and oxygen atoms in total. The van der Waals surface area contributed by atoms with E-state index in [0.717, 1.165) is 48.7 Å². The van der Waals surface area contributed by atoms with E-state index in [1.165, 1.54) is 11.4 Å². The Bertz CT molecular complexity index is 1120. The van der Waals surface area contributed by atoms with Crippen molar-refractivity contribution in [3.63, 3.8) is 0 Å². The standard InChI is InChI=1S/C30H39N4O/c1-7-33(8-2)26-17-11-24(12-18-26)15-21-28-23-29(32(6)30(35)31(28)5)22-16-25-13-19-27(20-14-25)34(9-3)10-4/h11-23H,7-10H2,1-6H3/q+1. The van der Waals surface area contributed by atoms with Crippen LogP contribution in [-0.2, 0) is 14.1 Å². The van der Waals surface area contributed by atoms with Crippen LogP contribution in [0.5, 0.6) is 0 Å². The van der Waals surface area contributed by atoms with Gasteiger partial charge in [0, 0.05) is 43.6 Å². The summed E-state index contributed by atoms with van der Waals surface area (Å²) in [5.74, 6) is 0. The molecule has 0 atom stereocenters. The van der Waals surface area contributed by atoms with Gasteiger partial charge < -0.3 is 9.80 Å². The fraction of sp³-hybridized carbons (Fsp3) is 0.333. The fourth-order valence-electron chi connectivity index (χ4n) is 4.24. The van der Waals surface area contributed by atoms with E-state index in [9.17, 15) is 4.79 Å². The third kappa shape index (κ3) is 6.30. The molecule has 0 spiro atoms. The van der Waals surface area contributed by atoms with Gasteiger partial charge in [-0.15, -0.1) is 0 Å². The normalized spacial score (nSPS) is 11.5. The summed E-state index contributed by atoms with van der Waals surface area (Å²) in [6.45, 7) is 12.6. The lowest BCUT2D eigenvalue weighted by atomic mass is 10.1. The summed E-state index contributed by atoms with van der Waals surface area (Å²) >= 11 is 0. The highest BCUT2D eigenvalue weighted by Gasteiger charge is 2.13. The topological polar surface area (TPSA) is 32.4 Å². The molecule has 0 amide bonds. The highest BCUT2D eigenvalue weighted by molar-refractivity contribution is 5.72. The average Bonchev–Trinajstić information content (AvgIpc) is 2.89. The predicted octanol–water partition coefficient (Wildman–Crippen LogP) is 5.24. The van der Waals surface area contributed by atoms with Crippen molar-refractivity contribution in [1.82, 2.24) is 4.57 Å². The van der Waals surface area contributed by atoms with Crippen molar-refractivity contribution < 1.29 is 4.57 Å². The quantitative estimate of drug-likeness (QED) is 0.379. The Morgan fingerprint density at radius 2 is 1.14 bits per heavy atom. The molecule has 0 N–H and O–H groups in total. The van der Waals surface area contributed by atoms with Gasteiger partial charge in [0.1, 0.15) is 11.4 Å². The van der Waals surface area contributed by atoms with E-state index in [-0.39, 0.29) is 5.69 Å².